The smallest absolute Gasteiger partial charge is 0.411 e. The zero-order valence-corrected chi connectivity index (χ0v) is 13.5. The monoisotopic (exact) mass is 321 g/mol. The summed E-state index contributed by atoms with van der Waals surface area (Å²) in [7, 11) is 1.74. The first-order valence-electron chi connectivity index (χ1n) is 7.76. The van der Waals surface area contributed by atoms with Crippen LogP contribution in [0, 0.1) is 0 Å². The van der Waals surface area contributed by atoms with Crippen molar-refractivity contribution in [1.29, 1.82) is 0 Å². The number of likely N-dealkylation sites (N-methyl/N-ethyl adjacent to an activating group) is 1. The van der Waals surface area contributed by atoms with E-state index >= 15 is 0 Å². The lowest BCUT2D eigenvalue weighted by Crippen LogP contribution is -2.37. The predicted molar refractivity (Wildman–Crippen MR) is 87.7 cm³/mol. The molecule has 0 aliphatic carbocycles. The van der Waals surface area contributed by atoms with Gasteiger partial charge in [-0.1, -0.05) is 0 Å². The third-order valence-electron chi connectivity index (χ3n) is 3.51. The standard InChI is InChI=1S/C16H23N3O4/c1-3-22-16(21)18-13-8-6-12(7-9-13)17-15(20)19(2)11-14-5-4-10-23-14/h6-9,14H,3-5,10-11H2,1-2H3,(H,17,20)(H,18,21)/t14-/m1/s1. The summed E-state index contributed by atoms with van der Waals surface area (Å²) in [6.07, 6.45) is 1.67. The summed E-state index contributed by atoms with van der Waals surface area (Å²) in [5.41, 5.74) is 1.26. The number of rotatable bonds is 5. The molecule has 0 aromatic heterocycles. The molecule has 1 aromatic rings. The Labute approximate surface area is 135 Å². The van der Waals surface area contributed by atoms with E-state index < -0.39 is 6.09 Å². The predicted octanol–water partition coefficient (Wildman–Crippen LogP) is 2.90. The fourth-order valence-corrected chi connectivity index (χ4v) is 2.32. The van der Waals surface area contributed by atoms with Gasteiger partial charge in [-0.2, -0.15) is 0 Å². The zero-order chi connectivity index (χ0) is 16.7. The molecular weight excluding hydrogens is 298 g/mol. The number of anilines is 2. The molecule has 0 saturated carbocycles. The molecule has 0 bridgehead atoms. The number of nitrogens with one attached hydrogen (secondary N) is 2. The van der Waals surface area contributed by atoms with Crippen molar-refractivity contribution in [1.82, 2.24) is 4.90 Å². The van der Waals surface area contributed by atoms with Crippen molar-refractivity contribution >= 4 is 23.5 Å². The van der Waals surface area contributed by atoms with Crippen molar-refractivity contribution in [2.75, 3.05) is 37.4 Å². The van der Waals surface area contributed by atoms with Crippen molar-refractivity contribution in [2.24, 2.45) is 0 Å². The number of nitrogens with zero attached hydrogens (tertiary/aromatic N) is 1. The van der Waals surface area contributed by atoms with Gasteiger partial charge in [0.2, 0.25) is 0 Å². The second kappa shape index (κ2) is 8.38. The molecule has 1 aromatic carbocycles. The summed E-state index contributed by atoms with van der Waals surface area (Å²) in [5, 5.41) is 5.40. The van der Waals surface area contributed by atoms with Crippen LogP contribution in [0.15, 0.2) is 24.3 Å². The van der Waals surface area contributed by atoms with E-state index in [4.69, 9.17) is 9.47 Å². The number of urea groups is 1. The number of hydrogen-bond acceptors (Lipinski definition) is 4. The van der Waals surface area contributed by atoms with Gasteiger partial charge in [0.25, 0.3) is 0 Å². The van der Waals surface area contributed by atoms with Gasteiger partial charge in [0, 0.05) is 31.6 Å². The third-order valence-corrected chi connectivity index (χ3v) is 3.51. The average molecular weight is 321 g/mol. The summed E-state index contributed by atoms with van der Waals surface area (Å²) in [4.78, 5) is 25.0. The van der Waals surface area contributed by atoms with Crippen LogP contribution < -0.4 is 10.6 Å². The molecule has 1 heterocycles. The lowest BCUT2D eigenvalue weighted by molar-refractivity contribution is 0.0894. The molecular formula is C16H23N3O4. The van der Waals surface area contributed by atoms with Crippen molar-refractivity contribution in [3.8, 4) is 0 Å². The molecule has 3 amide bonds. The van der Waals surface area contributed by atoms with E-state index in [1.165, 1.54) is 0 Å². The van der Waals surface area contributed by atoms with Crippen LogP contribution in [-0.4, -0.2) is 49.9 Å². The Morgan fingerprint density at radius 3 is 2.48 bits per heavy atom. The summed E-state index contributed by atoms with van der Waals surface area (Å²) in [6.45, 7) is 3.41. The van der Waals surface area contributed by atoms with Crippen LogP contribution in [0.1, 0.15) is 19.8 Å². The number of benzene rings is 1. The van der Waals surface area contributed by atoms with Gasteiger partial charge in [0.15, 0.2) is 0 Å². The van der Waals surface area contributed by atoms with Gasteiger partial charge in [0.1, 0.15) is 0 Å². The first-order valence-corrected chi connectivity index (χ1v) is 7.76. The quantitative estimate of drug-likeness (QED) is 0.874. The summed E-state index contributed by atoms with van der Waals surface area (Å²) in [6, 6.07) is 6.66. The van der Waals surface area contributed by atoms with Crippen LogP contribution >= 0.6 is 0 Å². The van der Waals surface area contributed by atoms with Gasteiger partial charge in [-0.3, -0.25) is 5.32 Å². The Morgan fingerprint density at radius 1 is 1.26 bits per heavy atom. The molecule has 1 aliphatic heterocycles. The average Bonchev–Trinajstić information content (AvgIpc) is 3.02. The number of carbonyl (C=O) groups is 2. The van der Waals surface area contributed by atoms with E-state index in [2.05, 4.69) is 10.6 Å². The third kappa shape index (κ3) is 5.45. The maximum Gasteiger partial charge on any atom is 0.411 e. The van der Waals surface area contributed by atoms with Crippen LogP contribution in [-0.2, 0) is 9.47 Å². The van der Waals surface area contributed by atoms with Gasteiger partial charge < -0.3 is 19.7 Å². The van der Waals surface area contributed by atoms with Crippen LogP contribution in [0.25, 0.3) is 0 Å². The molecule has 1 aliphatic rings. The first kappa shape index (κ1) is 17.1. The number of carbonyl (C=O) groups excluding carboxylic acids is 2. The highest BCUT2D eigenvalue weighted by atomic mass is 16.5. The minimum Gasteiger partial charge on any atom is -0.450 e. The lowest BCUT2D eigenvalue weighted by Gasteiger charge is -2.21. The fourth-order valence-electron chi connectivity index (χ4n) is 2.32. The van der Waals surface area contributed by atoms with E-state index in [1.54, 1.807) is 43.1 Å². The molecule has 0 radical (unpaired) electrons. The fraction of sp³-hybridized carbons (Fsp3) is 0.500. The normalized spacial score (nSPS) is 16.7. The van der Waals surface area contributed by atoms with Crippen LogP contribution in [0.3, 0.4) is 0 Å². The van der Waals surface area contributed by atoms with Crippen molar-refractivity contribution in [2.45, 2.75) is 25.9 Å². The minimum atomic E-state index is -0.499. The topological polar surface area (TPSA) is 79.9 Å². The van der Waals surface area contributed by atoms with Gasteiger partial charge in [-0.15, -0.1) is 0 Å². The first-order chi connectivity index (χ1) is 11.1. The van der Waals surface area contributed by atoms with E-state index in [0.29, 0.717) is 24.5 Å². The summed E-state index contributed by atoms with van der Waals surface area (Å²) < 4.78 is 10.3. The van der Waals surface area contributed by atoms with Crippen molar-refractivity contribution in [3.63, 3.8) is 0 Å². The largest absolute Gasteiger partial charge is 0.450 e. The molecule has 7 heteroatoms. The van der Waals surface area contributed by atoms with E-state index in [-0.39, 0.29) is 12.1 Å². The molecule has 1 saturated heterocycles. The van der Waals surface area contributed by atoms with Crippen molar-refractivity contribution in [3.05, 3.63) is 24.3 Å². The Balaban J connectivity index is 1.82. The van der Waals surface area contributed by atoms with Crippen LogP contribution in [0.2, 0.25) is 0 Å². The second-order valence-electron chi connectivity index (χ2n) is 5.37. The Hall–Kier alpha value is -2.28. The lowest BCUT2D eigenvalue weighted by atomic mass is 10.2. The van der Waals surface area contributed by atoms with Gasteiger partial charge >= 0.3 is 12.1 Å². The maximum absolute atomic E-state index is 12.1. The summed E-state index contributed by atoms with van der Waals surface area (Å²) in [5.74, 6) is 0. The molecule has 23 heavy (non-hydrogen) atoms. The molecule has 0 unspecified atom stereocenters. The van der Waals surface area contributed by atoms with Gasteiger partial charge in [0.05, 0.1) is 12.7 Å². The molecule has 1 fully saturated rings. The van der Waals surface area contributed by atoms with Crippen molar-refractivity contribution < 1.29 is 19.1 Å². The molecule has 7 nitrogen and oxygen atoms in total. The van der Waals surface area contributed by atoms with Crippen LogP contribution in [0.4, 0.5) is 21.0 Å². The molecule has 0 spiro atoms. The van der Waals surface area contributed by atoms with E-state index in [0.717, 1.165) is 19.4 Å². The van der Waals surface area contributed by atoms with Gasteiger partial charge in [-0.05, 0) is 44.0 Å². The van der Waals surface area contributed by atoms with E-state index in [1.807, 2.05) is 0 Å². The van der Waals surface area contributed by atoms with Gasteiger partial charge in [-0.25, -0.2) is 9.59 Å². The highest BCUT2D eigenvalue weighted by molar-refractivity contribution is 5.90. The Bertz CT molecular complexity index is 527. The molecule has 2 rings (SSSR count). The summed E-state index contributed by atoms with van der Waals surface area (Å²) >= 11 is 0. The molecule has 1 atom stereocenters. The molecule has 126 valence electrons. The maximum atomic E-state index is 12.1. The second-order valence-corrected chi connectivity index (χ2v) is 5.37. The highest BCUT2D eigenvalue weighted by Gasteiger charge is 2.20. The Morgan fingerprint density at radius 2 is 1.91 bits per heavy atom. The SMILES string of the molecule is CCOC(=O)Nc1ccc(NC(=O)N(C)C[C@H]2CCCO2)cc1. The number of amides is 3. The minimum absolute atomic E-state index is 0.127. The van der Waals surface area contributed by atoms with E-state index in [9.17, 15) is 9.59 Å². The number of ether oxygens (including phenoxy) is 2. The van der Waals surface area contributed by atoms with Crippen LogP contribution in [0.5, 0.6) is 0 Å². The number of hydrogen-bond donors (Lipinski definition) is 2. The zero-order valence-electron chi connectivity index (χ0n) is 13.5. The molecule has 2 N–H and O–H groups in total. The Kier molecular flexibility index (Phi) is 6.22. The highest BCUT2D eigenvalue weighted by Crippen LogP contribution is 2.16.